The monoisotopic (exact) mass is 377 g/mol. The van der Waals surface area contributed by atoms with Gasteiger partial charge < -0.3 is 15.0 Å². The molecule has 1 saturated carbocycles. The lowest BCUT2D eigenvalue weighted by atomic mass is 10.1. The molecule has 1 aromatic heterocycles. The summed E-state index contributed by atoms with van der Waals surface area (Å²) in [5.74, 6) is 0. The molecule has 0 amide bonds. The first kappa shape index (κ1) is 17.2. The highest BCUT2D eigenvalue weighted by Gasteiger charge is 2.20. The van der Waals surface area contributed by atoms with Crippen LogP contribution in [0.4, 0.5) is 0 Å². The molecule has 2 aromatic carbocycles. The second kappa shape index (κ2) is 7.16. The van der Waals surface area contributed by atoms with Crippen molar-refractivity contribution in [3.63, 3.8) is 0 Å². The van der Waals surface area contributed by atoms with Gasteiger partial charge in [-0.1, -0.05) is 23.2 Å². The van der Waals surface area contributed by atoms with Crippen LogP contribution < -0.4 is 5.32 Å². The Bertz CT molecular complexity index is 840. The maximum Gasteiger partial charge on any atom is 0.121 e. The summed E-state index contributed by atoms with van der Waals surface area (Å²) in [5, 5.41) is 16.5. The Morgan fingerprint density at radius 2 is 1.56 bits per heavy atom. The molecule has 0 spiro atoms. The third-order valence-electron chi connectivity index (χ3n) is 5.32. The molecule has 0 unspecified atom stereocenters. The molecule has 132 valence electrons. The highest BCUT2D eigenvalue weighted by atomic mass is 35.5. The van der Waals surface area contributed by atoms with Crippen molar-refractivity contribution in [2.75, 3.05) is 6.54 Å². The lowest BCUT2D eigenvalue weighted by molar-refractivity contribution is -0.693. The van der Waals surface area contributed by atoms with Crippen LogP contribution in [-0.2, 0) is 6.54 Å². The molecule has 1 atom stereocenters. The number of halogens is 2. The molecule has 0 aliphatic heterocycles. The van der Waals surface area contributed by atoms with Crippen molar-refractivity contribution >= 4 is 45.0 Å². The van der Waals surface area contributed by atoms with Crippen LogP contribution in [0.5, 0.6) is 0 Å². The van der Waals surface area contributed by atoms with Crippen LogP contribution in [0.15, 0.2) is 36.4 Å². The Morgan fingerprint density at radius 3 is 2.12 bits per heavy atom. The van der Waals surface area contributed by atoms with Crippen LogP contribution in [0.25, 0.3) is 21.8 Å². The summed E-state index contributed by atoms with van der Waals surface area (Å²) in [6.07, 6.45) is 4.82. The van der Waals surface area contributed by atoms with Crippen molar-refractivity contribution in [1.29, 1.82) is 0 Å². The topological polar surface area (TPSA) is 41.8 Å². The van der Waals surface area contributed by atoms with Crippen molar-refractivity contribution in [3.05, 3.63) is 46.4 Å². The van der Waals surface area contributed by atoms with Gasteiger partial charge in [0.05, 0.1) is 12.6 Å². The number of aromatic nitrogens is 1. The normalized spacial score (nSPS) is 16.9. The van der Waals surface area contributed by atoms with E-state index in [4.69, 9.17) is 23.2 Å². The molecule has 0 saturated heterocycles. The Morgan fingerprint density at radius 1 is 1.00 bits per heavy atom. The molecule has 0 bridgehead atoms. The molecule has 1 aliphatic carbocycles. The Balaban J connectivity index is 1.65. The van der Waals surface area contributed by atoms with E-state index in [-0.39, 0.29) is 6.10 Å². The molecule has 1 fully saturated rings. The molecule has 1 heterocycles. The zero-order valence-corrected chi connectivity index (χ0v) is 15.6. The van der Waals surface area contributed by atoms with E-state index in [9.17, 15) is 5.11 Å². The highest BCUT2D eigenvalue weighted by Crippen LogP contribution is 2.32. The molecule has 1 aliphatic rings. The Labute approximate surface area is 157 Å². The number of nitrogens with zero attached hydrogens (tertiary/aromatic N) is 1. The fraction of sp³-hybridized carbons (Fsp3) is 0.400. The van der Waals surface area contributed by atoms with Crippen LogP contribution in [0.2, 0.25) is 10.0 Å². The van der Waals surface area contributed by atoms with E-state index in [0.29, 0.717) is 22.6 Å². The molecule has 4 rings (SSSR count). The van der Waals surface area contributed by atoms with Gasteiger partial charge in [0.1, 0.15) is 12.6 Å². The van der Waals surface area contributed by atoms with E-state index in [1.54, 1.807) is 0 Å². The van der Waals surface area contributed by atoms with E-state index in [1.165, 1.54) is 25.7 Å². The maximum atomic E-state index is 10.6. The number of hydrogen-bond donors (Lipinski definition) is 2. The molecular formula is C20H23Cl2N2O+. The smallest absolute Gasteiger partial charge is 0.121 e. The first-order chi connectivity index (χ1) is 12.1. The summed E-state index contributed by atoms with van der Waals surface area (Å²) >= 11 is 12.4. The van der Waals surface area contributed by atoms with Gasteiger partial charge in [0, 0.05) is 31.9 Å². The van der Waals surface area contributed by atoms with Crippen molar-refractivity contribution < 1.29 is 10.4 Å². The molecule has 25 heavy (non-hydrogen) atoms. The minimum Gasteiger partial charge on any atom is -0.385 e. The average molecular weight is 378 g/mol. The number of aliphatic hydroxyl groups is 1. The standard InChI is InChI=1S/C20H22Cl2N2O/c21-13-5-7-19-17(9-13)18-10-14(22)6-8-20(18)24(19)12-16(25)11-23-15-3-1-2-4-15/h5-10,15-16,23,25H,1-4,11-12H2/p+1/t16-/m0/s1. The summed E-state index contributed by atoms with van der Waals surface area (Å²) in [7, 11) is 0. The highest BCUT2D eigenvalue weighted by molar-refractivity contribution is 6.33. The van der Waals surface area contributed by atoms with Crippen LogP contribution in [-0.4, -0.2) is 28.4 Å². The van der Waals surface area contributed by atoms with E-state index in [2.05, 4.69) is 9.88 Å². The predicted molar refractivity (Wildman–Crippen MR) is 105 cm³/mol. The van der Waals surface area contributed by atoms with Gasteiger partial charge >= 0.3 is 0 Å². The van der Waals surface area contributed by atoms with Crippen molar-refractivity contribution in [1.82, 2.24) is 4.57 Å². The molecular weight excluding hydrogens is 355 g/mol. The Hall–Kier alpha value is -1.26. The van der Waals surface area contributed by atoms with Crippen molar-refractivity contribution in [2.45, 2.75) is 44.4 Å². The fourth-order valence-electron chi connectivity index (χ4n) is 4.07. The zero-order chi connectivity index (χ0) is 17.4. The van der Waals surface area contributed by atoms with Gasteiger partial charge in [-0.25, -0.2) is 0 Å². The van der Waals surface area contributed by atoms with Crippen LogP contribution in [0, 0.1) is 0 Å². The number of fused-ring (bicyclic) bond motifs is 3. The van der Waals surface area contributed by atoms with Gasteiger partial charge in [0.25, 0.3) is 0 Å². The van der Waals surface area contributed by atoms with Gasteiger partial charge in [-0.3, -0.25) is 0 Å². The summed E-state index contributed by atoms with van der Waals surface area (Å²) < 4.78 is 2.18. The number of hydrogen-bond acceptors (Lipinski definition) is 1. The number of aliphatic hydroxyl groups excluding tert-OH is 1. The second-order valence-electron chi connectivity index (χ2n) is 7.10. The van der Waals surface area contributed by atoms with Crippen LogP contribution in [0.1, 0.15) is 25.7 Å². The van der Waals surface area contributed by atoms with Gasteiger partial charge in [0.2, 0.25) is 0 Å². The van der Waals surface area contributed by atoms with Gasteiger partial charge in [-0.05, 0) is 62.1 Å². The summed E-state index contributed by atoms with van der Waals surface area (Å²) in [6, 6.07) is 12.5. The third kappa shape index (κ3) is 3.52. The first-order valence-corrected chi connectivity index (χ1v) is 9.76. The summed E-state index contributed by atoms with van der Waals surface area (Å²) in [6.45, 7) is 1.32. The summed E-state index contributed by atoms with van der Waals surface area (Å²) in [5.41, 5.74) is 2.17. The lowest BCUT2D eigenvalue weighted by Crippen LogP contribution is -2.91. The SMILES string of the molecule is O[C@@H](C[NH2+]C1CCCC1)Cn1c2ccc(Cl)cc2c2cc(Cl)ccc21. The van der Waals surface area contributed by atoms with Crippen LogP contribution >= 0.6 is 23.2 Å². The van der Waals surface area contributed by atoms with Gasteiger partial charge in [-0.2, -0.15) is 0 Å². The van der Waals surface area contributed by atoms with E-state index in [0.717, 1.165) is 28.4 Å². The summed E-state index contributed by atoms with van der Waals surface area (Å²) in [4.78, 5) is 0. The predicted octanol–water partition coefficient (Wildman–Crippen LogP) is 3.97. The number of benzene rings is 2. The zero-order valence-electron chi connectivity index (χ0n) is 14.1. The minimum atomic E-state index is -0.384. The lowest BCUT2D eigenvalue weighted by Gasteiger charge is -2.15. The number of rotatable bonds is 5. The van der Waals surface area contributed by atoms with E-state index >= 15 is 0 Å². The van der Waals surface area contributed by atoms with E-state index in [1.807, 2.05) is 36.4 Å². The number of nitrogens with two attached hydrogens (primary N) is 1. The largest absolute Gasteiger partial charge is 0.385 e. The maximum absolute atomic E-state index is 10.6. The van der Waals surface area contributed by atoms with Crippen molar-refractivity contribution in [3.8, 4) is 0 Å². The van der Waals surface area contributed by atoms with E-state index < -0.39 is 0 Å². The van der Waals surface area contributed by atoms with Gasteiger partial charge in [0.15, 0.2) is 0 Å². The molecule has 3 aromatic rings. The molecule has 5 heteroatoms. The van der Waals surface area contributed by atoms with Gasteiger partial charge in [-0.15, -0.1) is 0 Å². The molecule has 3 nitrogen and oxygen atoms in total. The fourth-order valence-corrected chi connectivity index (χ4v) is 4.42. The van der Waals surface area contributed by atoms with Crippen molar-refractivity contribution in [2.24, 2.45) is 0 Å². The second-order valence-corrected chi connectivity index (χ2v) is 7.98. The molecule has 3 N–H and O–H groups in total. The number of quaternary nitrogens is 1. The minimum absolute atomic E-state index is 0.384. The third-order valence-corrected chi connectivity index (χ3v) is 5.79. The average Bonchev–Trinajstić information content (AvgIpc) is 3.20. The van der Waals surface area contributed by atoms with Crippen LogP contribution in [0.3, 0.4) is 0 Å². The quantitative estimate of drug-likeness (QED) is 0.693. The molecule has 0 radical (unpaired) electrons. The Kier molecular flexibility index (Phi) is 4.92. The first-order valence-electron chi connectivity index (χ1n) is 9.00.